The first-order chi connectivity index (χ1) is 15.1. The molecule has 0 fully saturated rings. The van der Waals surface area contributed by atoms with Gasteiger partial charge in [0.1, 0.15) is 5.00 Å². The van der Waals surface area contributed by atoms with Gasteiger partial charge in [-0.25, -0.2) is 4.79 Å². The highest BCUT2D eigenvalue weighted by Crippen LogP contribution is 2.35. The van der Waals surface area contributed by atoms with Crippen LogP contribution < -0.4 is 10.6 Å². The minimum absolute atomic E-state index is 0.0861. The SMILES string of the molecule is COC(=O)c1c(NC(=O)c2ccc(Cl)cc2Cl)sc(C(=O)Nc2ccc(C)c(Cl)c2)c1C. The van der Waals surface area contributed by atoms with Gasteiger partial charge in [0.15, 0.2) is 0 Å². The number of hydrogen-bond acceptors (Lipinski definition) is 5. The molecule has 0 bridgehead atoms. The molecule has 0 aliphatic rings. The molecule has 6 nitrogen and oxygen atoms in total. The third kappa shape index (κ3) is 5.07. The van der Waals surface area contributed by atoms with Crippen LogP contribution in [0.5, 0.6) is 0 Å². The summed E-state index contributed by atoms with van der Waals surface area (Å²) in [6, 6.07) is 9.55. The van der Waals surface area contributed by atoms with Crippen molar-refractivity contribution >= 4 is 74.6 Å². The lowest BCUT2D eigenvalue weighted by Gasteiger charge is -2.07. The van der Waals surface area contributed by atoms with E-state index >= 15 is 0 Å². The summed E-state index contributed by atoms with van der Waals surface area (Å²) in [7, 11) is 1.22. The Labute approximate surface area is 203 Å². The van der Waals surface area contributed by atoms with Crippen molar-refractivity contribution in [3.8, 4) is 0 Å². The Hall–Kier alpha value is -2.58. The van der Waals surface area contributed by atoms with E-state index in [2.05, 4.69) is 10.6 Å². The quantitative estimate of drug-likeness (QED) is 0.377. The maximum atomic E-state index is 12.9. The van der Waals surface area contributed by atoms with Gasteiger partial charge < -0.3 is 15.4 Å². The number of benzene rings is 2. The maximum absolute atomic E-state index is 12.9. The third-order valence-electron chi connectivity index (χ3n) is 4.58. The first-order valence-corrected chi connectivity index (χ1v) is 11.1. The smallest absolute Gasteiger partial charge is 0.341 e. The second kappa shape index (κ2) is 9.92. The van der Waals surface area contributed by atoms with E-state index in [1.165, 1.54) is 25.3 Å². The number of halogens is 3. The van der Waals surface area contributed by atoms with Crippen molar-refractivity contribution in [2.45, 2.75) is 13.8 Å². The van der Waals surface area contributed by atoms with Gasteiger partial charge in [-0.15, -0.1) is 11.3 Å². The molecule has 166 valence electrons. The van der Waals surface area contributed by atoms with Gasteiger partial charge in [-0.1, -0.05) is 40.9 Å². The zero-order chi connectivity index (χ0) is 23.6. The van der Waals surface area contributed by atoms with Gasteiger partial charge in [0.05, 0.1) is 28.1 Å². The number of esters is 1. The summed E-state index contributed by atoms with van der Waals surface area (Å²) < 4.78 is 4.85. The second-order valence-electron chi connectivity index (χ2n) is 6.75. The number of methoxy groups -OCH3 is 1. The molecule has 0 spiro atoms. The molecule has 1 aromatic heterocycles. The van der Waals surface area contributed by atoms with E-state index in [0.717, 1.165) is 16.9 Å². The van der Waals surface area contributed by atoms with Crippen LogP contribution >= 0.6 is 46.1 Å². The molecular formula is C22H17Cl3N2O4S. The van der Waals surface area contributed by atoms with E-state index < -0.39 is 17.8 Å². The molecule has 2 amide bonds. The third-order valence-corrected chi connectivity index (χ3v) is 6.74. The van der Waals surface area contributed by atoms with Gasteiger partial charge >= 0.3 is 5.97 Å². The predicted octanol–water partition coefficient (Wildman–Crippen LogP) is 6.62. The number of carbonyl (C=O) groups is 3. The second-order valence-corrected chi connectivity index (χ2v) is 9.02. The summed E-state index contributed by atoms with van der Waals surface area (Å²) in [6.45, 7) is 3.45. The standard InChI is InChI=1S/C22H17Cl3N2O4S/c1-10-4-6-13(9-15(10)24)26-20(29)18-11(2)17(22(30)31-3)21(32-18)27-19(28)14-7-5-12(23)8-16(14)25/h4-9H,1-3H3,(H,26,29)(H,27,28). The Morgan fingerprint density at radius 2 is 1.62 bits per heavy atom. The normalized spacial score (nSPS) is 10.6. The van der Waals surface area contributed by atoms with E-state index in [1.807, 2.05) is 6.92 Å². The number of thiophene rings is 1. The molecule has 0 unspecified atom stereocenters. The molecule has 0 saturated heterocycles. The van der Waals surface area contributed by atoms with Crippen LogP contribution in [0.15, 0.2) is 36.4 Å². The van der Waals surface area contributed by atoms with E-state index in [1.54, 1.807) is 25.1 Å². The van der Waals surface area contributed by atoms with Gasteiger partial charge in [-0.3, -0.25) is 9.59 Å². The van der Waals surface area contributed by atoms with Gasteiger partial charge in [0.2, 0.25) is 0 Å². The van der Waals surface area contributed by atoms with Crippen molar-refractivity contribution in [1.29, 1.82) is 0 Å². The van der Waals surface area contributed by atoms with Crippen LogP contribution in [0, 0.1) is 13.8 Å². The maximum Gasteiger partial charge on any atom is 0.341 e. The van der Waals surface area contributed by atoms with Crippen LogP contribution in [-0.2, 0) is 4.74 Å². The molecule has 2 N–H and O–H groups in total. The van der Waals surface area contributed by atoms with Crippen LogP contribution in [-0.4, -0.2) is 24.9 Å². The number of rotatable bonds is 5. The molecule has 0 aliphatic carbocycles. The number of aryl methyl sites for hydroxylation is 1. The molecule has 0 atom stereocenters. The van der Waals surface area contributed by atoms with Crippen molar-refractivity contribution in [3.63, 3.8) is 0 Å². The molecule has 0 radical (unpaired) electrons. The number of amides is 2. The van der Waals surface area contributed by atoms with E-state index in [-0.39, 0.29) is 26.0 Å². The van der Waals surface area contributed by atoms with Crippen molar-refractivity contribution in [2.75, 3.05) is 17.7 Å². The fraction of sp³-hybridized carbons (Fsp3) is 0.136. The first-order valence-electron chi connectivity index (χ1n) is 9.18. The number of hydrogen-bond donors (Lipinski definition) is 2. The average molecular weight is 512 g/mol. The molecule has 0 aliphatic heterocycles. The molecule has 3 aromatic rings. The van der Waals surface area contributed by atoms with Crippen molar-refractivity contribution in [2.24, 2.45) is 0 Å². The van der Waals surface area contributed by atoms with E-state index in [0.29, 0.717) is 21.3 Å². The summed E-state index contributed by atoms with van der Waals surface area (Å²) >= 11 is 19.1. The van der Waals surface area contributed by atoms with E-state index in [9.17, 15) is 14.4 Å². The minimum atomic E-state index is -0.686. The lowest BCUT2D eigenvalue weighted by molar-refractivity contribution is 0.0601. The molecule has 1 heterocycles. The Morgan fingerprint density at radius 1 is 0.906 bits per heavy atom. The lowest BCUT2D eigenvalue weighted by atomic mass is 10.1. The van der Waals surface area contributed by atoms with Gasteiger partial charge in [0.25, 0.3) is 11.8 Å². The Kier molecular flexibility index (Phi) is 7.46. The predicted molar refractivity (Wildman–Crippen MR) is 129 cm³/mol. The fourth-order valence-corrected chi connectivity index (χ4v) is 4.63. The Balaban J connectivity index is 1.95. The number of anilines is 2. The number of nitrogens with one attached hydrogen (secondary N) is 2. The van der Waals surface area contributed by atoms with Gasteiger partial charge in [-0.05, 0) is 55.3 Å². The largest absolute Gasteiger partial charge is 0.465 e. The topological polar surface area (TPSA) is 84.5 Å². The molecule has 3 rings (SSSR count). The van der Waals surface area contributed by atoms with Gasteiger partial charge in [0, 0.05) is 15.7 Å². The highest BCUT2D eigenvalue weighted by molar-refractivity contribution is 7.19. The van der Waals surface area contributed by atoms with Crippen LogP contribution in [0.4, 0.5) is 10.7 Å². The summed E-state index contributed by atoms with van der Waals surface area (Å²) in [4.78, 5) is 38.3. The van der Waals surface area contributed by atoms with Crippen molar-refractivity contribution in [3.05, 3.63) is 78.6 Å². The summed E-state index contributed by atoms with van der Waals surface area (Å²) in [6.07, 6.45) is 0. The first kappa shape index (κ1) is 24.1. The fourth-order valence-electron chi connectivity index (χ4n) is 2.87. The van der Waals surface area contributed by atoms with Crippen LogP contribution in [0.2, 0.25) is 15.1 Å². The number of ether oxygens (including phenoxy) is 1. The van der Waals surface area contributed by atoms with Crippen LogP contribution in [0.1, 0.15) is 41.5 Å². The van der Waals surface area contributed by atoms with Crippen LogP contribution in [0.25, 0.3) is 0 Å². The van der Waals surface area contributed by atoms with Crippen LogP contribution in [0.3, 0.4) is 0 Å². The number of carbonyl (C=O) groups excluding carboxylic acids is 3. The molecular weight excluding hydrogens is 495 g/mol. The van der Waals surface area contributed by atoms with Gasteiger partial charge in [-0.2, -0.15) is 0 Å². The van der Waals surface area contributed by atoms with Crippen molar-refractivity contribution < 1.29 is 19.1 Å². The lowest BCUT2D eigenvalue weighted by Crippen LogP contribution is -2.15. The zero-order valence-electron chi connectivity index (χ0n) is 17.1. The Bertz CT molecular complexity index is 1240. The monoisotopic (exact) mass is 510 g/mol. The highest BCUT2D eigenvalue weighted by atomic mass is 35.5. The molecule has 0 saturated carbocycles. The summed E-state index contributed by atoms with van der Waals surface area (Å²) in [5, 5.41) is 6.60. The highest BCUT2D eigenvalue weighted by Gasteiger charge is 2.27. The molecule has 2 aromatic carbocycles. The van der Waals surface area contributed by atoms with Crippen molar-refractivity contribution in [1.82, 2.24) is 0 Å². The summed E-state index contributed by atoms with van der Waals surface area (Å²) in [5.74, 6) is -1.70. The average Bonchev–Trinajstić information content (AvgIpc) is 3.05. The zero-order valence-corrected chi connectivity index (χ0v) is 20.2. The Morgan fingerprint density at radius 3 is 2.25 bits per heavy atom. The molecule has 32 heavy (non-hydrogen) atoms. The summed E-state index contributed by atoms with van der Waals surface area (Å²) in [5.41, 5.74) is 1.99. The van der Waals surface area contributed by atoms with E-state index in [4.69, 9.17) is 39.5 Å². The molecule has 10 heteroatoms. The minimum Gasteiger partial charge on any atom is -0.465 e.